The Morgan fingerprint density at radius 1 is 1.09 bits per heavy atom. The van der Waals surface area contributed by atoms with E-state index in [0.717, 1.165) is 0 Å². The summed E-state index contributed by atoms with van der Waals surface area (Å²) in [5.74, 6) is 0.105. The van der Waals surface area contributed by atoms with Gasteiger partial charge >= 0.3 is 0 Å². The molecule has 0 bridgehead atoms. The molecule has 0 spiro atoms. The SMILES string of the molecule is CCOc1ccc(N2C(=O)/C(=C\c3ccc(-c4ccc([N+](=O)[O-])cc4)o3)C(=O)NC2=S)cc1. The quantitative estimate of drug-likeness (QED) is 0.193. The standard InChI is InChI=1S/C23H17N3O6S/c1-2-31-17-9-7-15(8-10-17)25-22(28)19(21(27)24-23(25)33)13-18-11-12-20(32-18)14-3-5-16(6-4-14)26(29)30/h3-13H,2H2,1H3,(H,24,27,33)/b19-13-. The monoisotopic (exact) mass is 463 g/mol. The maximum Gasteiger partial charge on any atom is 0.270 e. The van der Waals surface area contributed by atoms with E-state index in [0.29, 0.717) is 29.4 Å². The van der Waals surface area contributed by atoms with Crippen molar-refractivity contribution in [3.05, 3.63) is 82.1 Å². The molecule has 0 radical (unpaired) electrons. The first-order valence-electron chi connectivity index (χ1n) is 9.86. The van der Waals surface area contributed by atoms with Gasteiger partial charge in [-0.25, -0.2) is 0 Å². The fourth-order valence-electron chi connectivity index (χ4n) is 3.23. The molecular weight excluding hydrogens is 446 g/mol. The highest BCUT2D eigenvalue weighted by atomic mass is 32.1. The molecule has 2 amide bonds. The number of anilines is 1. The van der Waals surface area contributed by atoms with Crippen molar-refractivity contribution in [1.82, 2.24) is 5.32 Å². The van der Waals surface area contributed by atoms with Crippen LogP contribution in [-0.4, -0.2) is 28.5 Å². The number of nitro groups is 1. The number of thiocarbonyl (C=S) groups is 1. The fourth-order valence-corrected chi connectivity index (χ4v) is 3.51. The number of benzene rings is 2. The van der Waals surface area contributed by atoms with E-state index in [-0.39, 0.29) is 22.1 Å². The molecule has 10 heteroatoms. The van der Waals surface area contributed by atoms with Gasteiger partial charge < -0.3 is 9.15 Å². The number of furan rings is 1. The Hall–Kier alpha value is -4.31. The lowest BCUT2D eigenvalue weighted by Gasteiger charge is -2.28. The first-order valence-corrected chi connectivity index (χ1v) is 10.3. The Labute approximate surface area is 193 Å². The van der Waals surface area contributed by atoms with Crippen molar-refractivity contribution in [3.63, 3.8) is 0 Å². The summed E-state index contributed by atoms with van der Waals surface area (Å²) in [7, 11) is 0. The summed E-state index contributed by atoms with van der Waals surface area (Å²) in [5, 5.41) is 13.3. The normalized spacial score (nSPS) is 15.0. The molecule has 0 aliphatic carbocycles. The van der Waals surface area contributed by atoms with Gasteiger partial charge in [-0.2, -0.15) is 0 Å². The minimum atomic E-state index is -0.638. The Balaban J connectivity index is 1.60. The highest BCUT2D eigenvalue weighted by Gasteiger charge is 2.34. The maximum absolute atomic E-state index is 13.1. The number of nitrogens with one attached hydrogen (secondary N) is 1. The number of carbonyl (C=O) groups excluding carboxylic acids is 2. The second-order valence-corrected chi connectivity index (χ2v) is 7.28. The predicted octanol–water partition coefficient (Wildman–Crippen LogP) is 4.08. The minimum Gasteiger partial charge on any atom is -0.494 e. The number of hydrogen-bond donors (Lipinski definition) is 1. The van der Waals surface area contributed by atoms with Crippen LogP contribution in [-0.2, 0) is 9.59 Å². The molecular formula is C23H17N3O6S. The topological polar surface area (TPSA) is 115 Å². The van der Waals surface area contributed by atoms with Crippen LogP contribution in [0, 0.1) is 10.1 Å². The van der Waals surface area contributed by atoms with E-state index >= 15 is 0 Å². The van der Waals surface area contributed by atoms with Gasteiger partial charge in [-0.15, -0.1) is 0 Å². The fraction of sp³-hybridized carbons (Fsp3) is 0.0870. The molecule has 1 saturated heterocycles. The molecule has 3 aromatic rings. The van der Waals surface area contributed by atoms with Crippen LogP contribution in [0.25, 0.3) is 17.4 Å². The molecule has 1 N–H and O–H groups in total. The van der Waals surface area contributed by atoms with Gasteiger partial charge in [-0.1, -0.05) is 0 Å². The largest absolute Gasteiger partial charge is 0.494 e. The number of nitro benzene ring substituents is 1. The molecule has 1 fully saturated rings. The highest BCUT2D eigenvalue weighted by Crippen LogP contribution is 2.28. The first-order chi connectivity index (χ1) is 15.9. The third-order valence-electron chi connectivity index (χ3n) is 4.78. The number of amides is 2. The summed E-state index contributed by atoms with van der Waals surface area (Å²) in [4.78, 5) is 37.1. The third-order valence-corrected chi connectivity index (χ3v) is 5.07. The lowest BCUT2D eigenvalue weighted by Crippen LogP contribution is -2.54. The molecule has 2 aromatic carbocycles. The van der Waals surface area contributed by atoms with E-state index in [1.807, 2.05) is 6.92 Å². The van der Waals surface area contributed by atoms with Crippen LogP contribution in [0.5, 0.6) is 5.75 Å². The zero-order chi connectivity index (χ0) is 23.5. The molecule has 166 valence electrons. The second kappa shape index (κ2) is 9.05. The van der Waals surface area contributed by atoms with Crippen LogP contribution in [0.15, 0.2) is 70.7 Å². The molecule has 0 saturated carbocycles. The number of hydrogen-bond acceptors (Lipinski definition) is 7. The highest BCUT2D eigenvalue weighted by molar-refractivity contribution is 7.80. The number of non-ortho nitro benzene ring substituents is 1. The molecule has 1 aliphatic rings. The van der Waals surface area contributed by atoms with Gasteiger partial charge in [0.1, 0.15) is 22.8 Å². The molecule has 1 aliphatic heterocycles. The maximum atomic E-state index is 13.1. The van der Waals surface area contributed by atoms with Gasteiger partial charge in [0.15, 0.2) is 5.11 Å². The van der Waals surface area contributed by atoms with Gasteiger partial charge in [0.05, 0.1) is 17.2 Å². The summed E-state index contributed by atoms with van der Waals surface area (Å²) in [6, 6.07) is 15.8. The van der Waals surface area contributed by atoms with Crippen LogP contribution in [0.2, 0.25) is 0 Å². The lowest BCUT2D eigenvalue weighted by atomic mass is 10.1. The molecule has 0 atom stereocenters. The summed E-state index contributed by atoms with van der Waals surface area (Å²) in [6.45, 7) is 2.37. The number of rotatable bonds is 6. The lowest BCUT2D eigenvalue weighted by molar-refractivity contribution is -0.384. The van der Waals surface area contributed by atoms with Crippen LogP contribution < -0.4 is 15.0 Å². The molecule has 9 nitrogen and oxygen atoms in total. The van der Waals surface area contributed by atoms with E-state index in [1.165, 1.54) is 23.1 Å². The zero-order valence-electron chi connectivity index (χ0n) is 17.3. The third kappa shape index (κ3) is 4.51. The Kier molecular flexibility index (Phi) is 6.01. The van der Waals surface area contributed by atoms with E-state index < -0.39 is 16.7 Å². The van der Waals surface area contributed by atoms with E-state index in [4.69, 9.17) is 21.4 Å². The van der Waals surface area contributed by atoms with Crippen molar-refractivity contribution in [2.75, 3.05) is 11.5 Å². The smallest absolute Gasteiger partial charge is 0.270 e. The first kappa shape index (κ1) is 21.9. The van der Waals surface area contributed by atoms with Crippen LogP contribution in [0.4, 0.5) is 11.4 Å². The average molecular weight is 463 g/mol. The van der Waals surface area contributed by atoms with Crippen molar-refractivity contribution < 1.29 is 23.7 Å². The van der Waals surface area contributed by atoms with E-state index in [1.54, 1.807) is 48.5 Å². The Morgan fingerprint density at radius 2 is 1.79 bits per heavy atom. The van der Waals surface area contributed by atoms with Crippen molar-refractivity contribution in [2.45, 2.75) is 6.92 Å². The molecule has 2 heterocycles. The Bertz CT molecular complexity index is 1280. The van der Waals surface area contributed by atoms with E-state index in [2.05, 4.69) is 5.32 Å². The van der Waals surface area contributed by atoms with Gasteiger partial charge in [0.25, 0.3) is 17.5 Å². The number of carbonyl (C=O) groups is 2. The van der Waals surface area contributed by atoms with Gasteiger partial charge in [-0.3, -0.25) is 29.9 Å². The summed E-state index contributed by atoms with van der Waals surface area (Å²) < 4.78 is 11.1. The second-order valence-electron chi connectivity index (χ2n) is 6.89. The summed E-state index contributed by atoms with van der Waals surface area (Å²) in [6.07, 6.45) is 1.33. The summed E-state index contributed by atoms with van der Waals surface area (Å²) >= 11 is 5.21. The van der Waals surface area contributed by atoms with Gasteiger partial charge in [0, 0.05) is 17.7 Å². The summed E-state index contributed by atoms with van der Waals surface area (Å²) in [5.41, 5.74) is 0.900. The zero-order valence-corrected chi connectivity index (χ0v) is 18.1. The van der Waals surface area contributed by atoms with Crippen LogP contribution in [0.3, 0.4) is 0 Å². The van der Waals surface area contributed by atoms with Crippen molar-refractivity contribution in [1.29, 1.82) is 0 Å². The number of nitrogens with zero attached hydrogens (tertiary/aromatic N) is 2. The molecule has 1 aromatic heterocycles. The minimum absolute atomic E-state index is 0.0303. The molecule has 4 rings (SSSR count). The average Bonchev–Trinajstić information content (AvgIpc) is 3.27. The van der Waals surface area contributed by atoms with Crippen LogP contribution in [0.1, 0.15) is 12.7 Å². The van der Waals surface area contributed by atoms with Gasteiger partial charge in [-0.05, 0) is 73.7 Å². The Morgan fingerprint density at radius 3 is 2.42 bits per heavy atom. The van der Waals surface area contributed by atoms with Crippen molar-refractivity contribution in [3.8, 4) is 17.1 Å². The van der Waals surface area contributed by atoms with Gasteiger partial charge in [0.2, 0.25) is 0 Å². The van der Waals surface area contributed by atoms with Crippen LogP contribution >= 0.6 is 12.2 Å². The van der Waals surface area contributed by atoms with Crippen molar-refractivity contribution >= 4 is 46.6 Å². The van der Waals surface area contributed by atoms with E-state index in [9.17, 15) is 19.7 Å². The number of ether oxygens (including phenoxy) is 1. The molecule has 33 heavy (non-hydrogen) atoms. The predicted molar refractivity (Wildman–Crippen MR) is 125 cm³/mol. The van der Waals surface area contributed by atoms with Crippen molar-refractivity contribution in [2.24, 2.45) is 0 Å². The molecule has 0 unspecified atom stereocenters.